The third-order valence-electron chi connectivity index (χ3n) is 2.54. The summed E-state index contributed by atoms with van der Waals surface area (Å²) < 4.78 is 9.57. The van der Waals surface area contributed by atoms with Crippen LogP contribution in [0.3, 0.4) is 0 Å². The van der Waals surface area contributed by atoms with E-state index in [1.54, 1.807) is 20.8 Å². The van der Waals surface area contributed by atoms with Crippen LogP contribution in [0, 0.1) is 0 Å². The molecule has 2 amide bonds. The lowest BCUT2D eigenvalue weighted by molar-refractivity contribution is -0.145. The maximum atomic E-state index is 11.9. The number of amides is 2. The van der Waals surface area contributed by atoms with Gasteiger partial charge in [-0.1, -0.05) is 13.8 Å². The molecule has 0 aromatic rings. The average Bonchev–Trinajstić information content (AvgIpc) is 2.71. The van der Waals surface area contributed by atoms with Gasteiger partial charge in [-0.3, -0.25) is 9.59 Å². The van der Waals surface area contributed by atoms with Crippen molar-refractivity contribution in [3.8, 4) is 0 Å². The maximum absolute atomic E-state index is 11.9. The summed E-state index contributed by atoms with van der Waals surface area (Å²) in [7, 11) is 1.26. The summed E-state index contributed by atoms with van der Waals surface area (Å²) in [4.78, 5) is 35.9. The molecule has 1 aliphatic heterocycles. The van der Waals surface area contributed by atoms with Crippen LogP contribution in [-0.4, -0.2) is 54.7 Å². The van der Waals surface area contributed by atoms with Crippen molar-refractivity contribution in [1.29, 1.82) is 0 Å². The fourth-order valence-corrected chi connectivity index (χ4v) is 1.70. The van der Waals surface area contributed by atoms with Gasteiger partial charge in [-0.05, 0) is 27.2 Å². The molecule has 1 aliphatic rings. The Labute approximate surface area is 126 Å². The van der Waals surface area contributed by atoms with E-state index in [0.29, 0.717) is 13.0 Å². The molecule has 1 atom stereocenters. The molecule has 0 aliphatic carbocycles. The Balaban J connectivity index is 0.00000191. The van der Waals surface area contributed by atoms with Gasteiger partial charge in [0, 0.05) is 6.54 Å². The van der Waals surface area contributed by atoms with Gasteiger partial charge in [-0.15, -0.1) is 0 Å². The second-order valence-corrected chi connectivity index (χ2v) is 5.32. The largest absolute Gasteiger partial charge is 0.468 e. The van der Waals surface area contributed by atoms with E-state index in [1.807, 2.05) is 13.8 Å². The van der Waals surface area contributed by atoms with Crippen molar-refractivity contribution in [2.24, 2.45) is 0 Å². The number of alkyl carbamates (subject to hydrolysis) is 1. The molecule has 0 spiro atoms. The first-order chi connectivity index (χ1) is 9.73. The Morgan fingerprint density at radius 3 is 2.38 bits per heavy atom. The van der Waals surface area contributed by atoms with Crippen LogP contribution < -0.4 is 5.32 Å². The summed E-state index contributed by atoms with van der Waals surface area (Å²) in [6, 6.07) is -0.639. The lowest BCUT2D eigenvalue weighted by Crippen LogP contribution is -2.44. The molecule has 1 fully saturated rings. The zero-order chi connectivity index (χ0) is 16.6. The fraction of sp³-hybridized carbons (Fsp3) is 0.786. The van der Waals surface area contributed by atoms with E-state index in [4.69, 9.17) is 4.74 Å². The Morgan fingerprint density at radius 1 is 1.33 bits per heavy atom. The molecule has 21 heavy (non-hydrogen) atoms. The van der Waals surface area contributed by atoms with Gasteiger partial charge in [0.25, 0.3) is 0 Å². The van der Waals surface area contributed by atoms with Gasteiger partial charge in [0.1, 0.15) is 18.2 Å². The fourth-order valence-electron chi connectivity index (χ4n) is 1.70. The van der Waals surface area contributed by atoms with Crippen LogP contribution in [0.4, 0.5) is 4.79 Å². The first-order valence-corrected chi connectivity index (χ1v) is 7.08. The molecule has 1 heterocycles. The molecule has 0 aromatic heterocycles. The van der Waals surface area contributed by atoms with Crippen molar-refractivity contribution in [2.45, 2.75) is 52.7 Å². The predicted molar refractivity (Wildman–Crippen MR) is 77.7 cm³/mol. The van der Waals surface area contributed by atoms with Crippen LogP contribution in [0.25, 0.3) is 0 Å². The van der Waals surface area contributed by atoms with Crippen molar-refractivity contribution < 1.29 is 23.9 Å². The molecule has 1 saturated heterocycles. The second kappa shape index (κ2) is 8.49. The highest BCUT2D eigenvalue weighted by molar-refractivity contribution is 5.90. The number of rotatable bonds is 3. The van der Waals surface area contributed by atoms with Crippen molar-refractivity contribution in [2.75, 3.05) is 20.2 Å². The molecule has 7 nitrogen and oxygen atoms in total. The highest BCUT2D eigenvalue weighted by Gasteiger charge is 2.34. The SMILES string of the molecule is CC.COC(=O)CN1CC[C@H](NC(=O)OC(C)(C)C)C1=O. The normalized spacial score (nSPS) is 17.7. The Hall–Kier alpha value is -1.79. The number of methoxy groups -OCH3 is 1. The quantitative estimate of drug-likeness (QED) is 0.795. The monoisotopic (exact) mass is 302 g/mol. The lowest BCUT2D eigenvalue weighted by atomic mass is 10.2. The van der Waals surface area contributed by atoms with Crippen LogP contribution in [0.1, 0.15) is 41.0 Å². The van der Waals surface area contributed by atoms with Gasteiger partial charge < -0.3 is 19.7 Å². The molecule has 0 radical (unpaired) electrons. The van der Waals surface area contributed by atoms with E-state index >= 15 is 0 Å². The van der Waals surface area contributed by atoms with Crippen molar-refractivity contribution in [3.63, 3.8) is 0 Å². The molecule has 0 bridgehead atoms. The predicted octanol–water partition coefficient (Wildman–Crippen LogP) is 1.31. The molecule has 1 N–H and O–H groups in total. The van der Waals surface area contributed by atoms with E-state index in [9.17, 15) is 14.4 Å². The third kappa shape index (κ3) is 6.97. The summed E-state index contributed by atoms with van der Waals surface area (Å²) >= 11 is 0. The van der Waals surface area contributed by atoms with Gasteiger partial charge in [-0.2, -0.15) is 0 Å². The van der Waals surface area contributed by atoms with Crippen LogP contribution >= 0.6 is 0 Å². The minimum absolute atomic E-state index is 0.0954. The minimum atomic E-state index is -0.639. The molecule has 1 rings (SSSR count). The number of likely N-dealkylation sites (tertiary alicyclic amines) is 1. The van der Waals surface area contributed by atoms with E-state index in [0.717, 1.165) is 0 Å². The highest BCUT2D eigenvalue weighted by Crippen LogP contribution is 2.13. The van der Waals surface area contributed by atoms with Gasteiger partial charge in [0.2, 0.25) is 5.91 Å². The molecule has 0 saturated carbocycles. The average molecular weight is 302 g/mol. The summed E-state index contributed by atoms with van der Waals surface area (Å²) in [5, 5.41) is 2.50. The standard InChI is InChI=1S/C12H20N2O5.C2H6/c1-12(2,3)19-11(17)13-8-5-6-14(10(8)16)7-9(15)18-4;1-2/h8H,5-7H2,1-4H3,(H,13,17);1-2H3/t8-;/m0./s1. The number of carbonyl (C=O) groups is 3. The van der Waals surface area contributed by atoms with Gasteiger partial charge in [0.15, 0.2) is 0 Å². The molecule has 7 heteroatoms. The molecule has 0 unspecified atom stereocenters. The van der Waals surface area contributed by atoms with Gasteiger partial charge >= 0.3 is 12.1 Å². The molecule has 122 valence electrons. The van der Waals surface area contributed by atoms with E-state index in [2.05, 4.69) is 10.1 Å². The first kappa shape index (κ1) is 19.2. The zero-order valence-corrected chi connectivity index (χ0v) is 13.7. The van der Waals surface area contributed by atoms with Crippen molar-refractivity contribution in [3.05, 3.63) is 0 Å². The molecular weight excluding hydrogens is 276 g/mol. The zero-order valence-electron chi connectivity index (χ0n) is 13.7. The van der Waals surface area contributed by atoms with Crippen LogP contribution in [0.15, 0.2) is 0 Å². The number of hydrogen-bond acceptors (Lipinski definition) is 5. The van der Waals surface area contributed by atoms with E-state index in [1.165, 1.54) is 12.0 Å². The Kier molecular flexibility index (Phi) is 7.76. The number of esters is 1. The smallest absolute Gasteiger partial charge is 0.408 e. The number of ether oxygens (including phenoxy) is 2. The van der Waals surface area contributed by atoms with Crippen LogP contribution in [0.5, 0.6) is 0 Å². The number of hydrogen-bond donors (Lipinski definition) is 1. The van der Waals surface area contributed by atoms with Gasteiger partial charge in [0.05, 0.1) is 7.11 Å². The molecule has 0 aromatic carbocycles. The summed E-state index contributed by atoms with van der Waals surface area (Å²) in [6.07, 6.45) is -0.180. The second-order valence-electron chi connectivity index (χ2n) is 5.32. The summed E-state index contributed by atoms with van der Waals surface area (Å²) in [5.41, 5.74) is -0.614. The number of nitrogens with one attached hydrogen (secondary N) is 1. The highest BCUT2D eigenvalue weighted by atomic mass is 16.6. The Morgan fingerprint density at radius 2 is 1.90 bits per heavy atom. The minimum Gasteiger partial charge on any atom is -0.468 e. The topological polar surface area (TPSA) is 84.9 Å². The van der Waals surface area contributed by atoms with Crippen LogP contribution in [-0.2, 0) is 19.1 Å². The van der Waals surface area contributed by atoms with E-state index in [-0.39, 0.29) is 12.5 Å². The van der Waals surface area contributed by atoms with Crippen LogP contribution in [0.2, 0.25) is 0 Å². The number of carbonyl (C=O) groups excluding carboxylic acids is 3. The third-order valence-corrected chi connectivity index (χ3v) is 2.54. The van der Waals surface area contributed by atoms with Gasteiger partial charge in [-0.25, -0.2) is 4.79 Å². The van der Waals surface area contributed by atoms with Crippen molar-refractivity contribution >= 4 is 18.0 Å². The summed E-state index contributed by atoms with van der Waals surface area (Å²) in [6.45, 7) is 9.54. The van der Waals surface area contributed by atoms with Crippen molar-refractivity contribution in [1.82, 2.24) is 10.2 Å². The Bertz CT molecular complexity index is 376. The lowest BCUT2D eigenvalue weighted by Gasteiger charge is -2.21. The number of nitrogens with zero attached hydrogens (tertiary/aromatic N) is 1. The van der Waals surface area contributed by atoms with E-state index < -0.39 is 23.7 Å². The first-order valence-electron chi connectivity index (χ1n) is 7.08. The maximum Gasteiger partial charge on any atom is 0.408 e. The summed E-state index contributed by atoms with van der Waals surface area (Å²) in [5.74, 6) is -0.775. The molecular formula is C14H26N2O5.